The van der Waals surface area contributed by atoms with Gasteiger partial charge in [-0.2, -0.15) is 0 Å². The predicted octanol–water partition coefficient (Wildman–Crippen LogP) is 2.63. The molecule has 0 unspecified atom stereocenters. The Morgan fingerprint density at radius 1 is 1.36 bits per heavy atom. The van der Waals surface area contributed by atoms with E-state index in [4.69, 9.17) is 16.7 Å². The molecule has 1 aromatic carbocycles. The maximum absolute atomic E-state index is 12.7. The van der Waals surface area contributed by atoms with Crippen molar-refractivity contribution in [2.75, 3.05) is 18.0 Å². The van der Waals surface area contributed by atoms with Gasteiger partial charge in [-0.1, -0.05) is 25.4 Å². The van der Waals surface area contributed by atoms with Crippen LogP contribution in [0.15, 0.2) is 18.2 Å². The van der Waals surface area contributed by atoms with Crippen LogP contribution in [0.2, 0.25) is 5.02 Å². The molecule has 1 aliphatic heterocycles. The summed E-state index contributed by atoms with van der Waals surface area (Å²) in [5, 5.41) is 15.0. The van der Waals surface area contributed by atoms with Crippen molar-refractivity contribution in [3.8, 4) is 0 Å². The Morgan fingerprint density at radius 2 is 2.04 bits per heavy atom. The van der Waals surface area contributed by atoms with Crippen molar-refractivity contribution in [2.24, 2.45) is 0 Å². The number of hydrogen-bond donors (Lipinski definition) is 3. The number of carboxylic acid groups (broad SMARTS) is 1. The van der Waals surface area contributed by atoms with Gasteiger partial charge in [-0.15, -0.1) is 0 Å². The molecule has 0 aromatic heterocycles. The van der Waals surface area contributed by atoms with Crippen LogP contribution in [0.5, 0.6) is 0 Å². The molecule has 1 aliphatic rings. The molecular formula is C17H22ClN3O4. The smallest absolute Gasteiger partial charge is 0.322 e. The lowest BCUT2D eigenvalue weighted by atomic mass is 9.88. The van der Waals surface area contributed by atoms with E-state index in [9.17, 15) is 14.4 Å². The van der Waals surface area contributed by atoms with Gasteiger partial charge < -0.3 is 15.7 Å². The fourth-order valence-corrected chi connectivity index (χ4v) is 3.11. The van der Waals surface area contributed by atoms with Crippen molar-refractivity contribution < 1.29 is 19.5 Å². The molecule has 0 saturated carbocycles. The van der Waals surface area contributed by atoms with Crippen LogP contribution in [-0.2, 0) is 4.79 Å². The molecule has 1 fully saturated rings. The maximum Gasteiger partial charge on any atom is 0.322 e. The fourth-order valence-electron chi connectivity index (χ4n) is 2.89. The van der Waals surface area contributed by atoms with Crippen LogP contribution in [0.25, 0.3) is 0 Å². The molecule has 25 heavy (non-hydrogen) atoms. The van der Waals surface area contributed by atoms with E-state index in [1.807, 2.05) is 13.8 Å². The summed E-state index contributed by atoms with van der Waals surface area (Å²) in [6, 6.07) is 4.42. The van der Waals surface area contributed by atoms with Crippen LogP contribution in [0.1, 0.15) is 43.5 Å². The first-order valence-corrected chi connectivity index (χ1v) is 8.59. The quantitative estimate of drug-likeness (QED) is 0.689. The number of carbonyl (C=O) groups excluding carboxylic acids is 2. The summed E-state index contributed by atoms with van der Waals surface area (Å²) < 4.78 is 0. The zero-order valence-corrected chi connectivity index (χ0v) is 15.0. The number of urea groups is 1. The summed E-state index contributed by atoms with van der Waals surface area (Å²) in [7, 11) is 0. The third-order valence-corrected chi connectivity index (χ3v) is 4.90. The number of rotatable bonds is 7. The predicted molar refractivity (Wildman–Crippen MR) is 95.2 cm³/mol. The molecule has 0 atom stereocenters. The SMILES string of the molecule is CCC(CC)(CC(=O)O)NC(=O)c1ccc(Cl)c(N2CCNC2=O)c1. The Kier molecular flexibility index (Phi) is 5.89. The van der Waals surface area contributed by atoms with Gasteiger partial charge in [0.2, 0.25) is 0 Å². The van der Waals surface area contributed by atoms with Crippen LogP contribution in [0.3, 0.4) is 0 Å². The number of hydrogen-bond acceptors (Lipinski definition) is 3. The zero-order valence-electron chi connectivity index (χ0n) is 14.3. The van der Waals surface area contributed by atoms with E-state index in [0.717, 1.165) is 0 Å². The standard InChI is InChI=1S/C17H22ClN3O4/c1-3-17(4-2,10-14(22)23)20-15(24)11-5-6-12(18)13(9-11)21-8-7-19-16(21)25/h5-6,9H,3-4,7-8,10H2,1-2H3,(H,19,25)(H,20,24)(H,22,23). The number of nitrogens with zero attached hydrogens (tertiary/aromatic N) is 1. The summed E-state index contributed by atoms with van der Waals surface area (Å²) >= 11 is 6.17. The van der Waals surface area contributed by atoms with Crippen LogP contribution >= 0.6 is 11.6 Å². The minimum Gasteiger partial charge on any atom is -0.481 e. The van der Waals surface area contributed by atoms with E-state index in [0.29, 0.717) is 42.2 Å². The van der Waals surface area contributed by atoms with Crippen LogP contribution in [0, 0.1) is 0 Å². The first-order chi connectivity index (χ1) is 11.8. The first-order valence-electron chi connectivity index (χ1n) is 8.21. The number of anilines is 1. The van der Waals surface area contributed by atoms with Crippen molar-refractivity contribution in [1.82, 2.24) is 10.6 Å². The molecule has 0 spiro atoms. The number of carbonyl (C=O) groups is 3. The third-order valence-electron chi connectivity index (χ3n) is 4.58. The summed E-state index contributed by atoms with van der Waals surface area (Å²) in [6.07, 6.45) is 0.841. The fraction of sp³-hybridized carbons (Fsp3) is 0.471. The van der Waals surface area contributed by atoms with Gasteiger partial charge >= 0.3 is 12.0 Å². The average molecular weight is 368 g/mol. The molecule has 1 saturated heterocycles. The summed E-state index contributed by atoms with van der Waals surface area (Å²) in [5.41, 5.74) is -0.0230. The monoisotopic (exact) mass is 367 g/mol. The van der Waals surface area contributed by atoms with E-state index in [-0.39, 0.29) is 18.4 Å². The Hall–Kier alpha value is -2.28. The highest BCUT2D eigenvalue weighted by Crippen LogP contribution is 2.29. The molecule has 136 valence electrons. The molecule has 7 nitrogen and oxygen atoms in total. The Labute approximate surface area is 151 Å². The van der Waals surface area contributed by atoms with Crippen LogP contribution in [-0.4, -0.2) is 41.6 Å². The highest BCUT2D eigenvalue weighted by atomic mass is 35.5. The molecule has 1 heterocycles. The molecule has 3 N–H and O–H groups in total. The van der Waals surface area contributed by atoms with Gasteiger partial charge in [0.15, 0.2) is 0 Å². The molecule has 0 radical (unpaired) electrons. The second kappa shape index (κ2) is 7.74. The van der Waals surface area contributed by atoms with Gasteiger partial charge in [-0.3, -0.25) is 14.5 Å². The summed E-state index contributed by atoms with van der Waals surface area (Å²) in [4.78, 5) is 37.1. The molecule has 0 aliphatic carbocycles. The van der Waals surface area contributed by atoms with Crippen molar-refractivity contribution in [3.05, 3.63) is 28.8 Å². The normalized spacial score (nSPS) is 14.4. The molecule has 1 aromatic rings. The van der Waals surface area contributed by atoms with E-state index in [2.05, 4.69) is 10.6 Å². The van der Waals surface area contributed by atoms with Gasteiger partial charge in [0.05, 0.1) is 22.7 Å². The van der Waals surface area contributed by atoms with Crippen LogP contribution < -0.4 is 15.5 Å². The maximum atomic E-state index is 12.7. The third kappa shape index (κ3) is 4.22. The Bertz CT molecular complexity index is 688. The number of nitrogens with one attached hydrogen (secondary N) is 2. The minimum absolute atomic E-state index is 0.152. The number of carboxylic acids is 1. The lowest BCUT2D eigenvalue weighted by Gasteiger charge is -2.31. The number of benzene rings is 1. The highest BCUT2D eigenvalue weighted by Gasteiger charge is 2.32. The Balaban J connectivity index is 2.27. The lowest BCUT2D eigenvalue weighted by molar-refractivity contribution is -0.138. The zero-order chi connectivity index (χ0) is 18.6. The molecule has 8 heteroatoms. The molecule has 3 amide bonds. The van der Waals surface area contributed by atoms with Crippen molar-refractivity contribution in [1.29, 1.82) is 0 Å². The first kappa shape index (κ1) is 19.1. The lowest BCUT2D eigenvalue weighted by Crippen LogP contribution is -2.49. The van der Waals surface area contributed by atoms with Crippen molar-refractivity contribution >= 4 is 35.2 Å². The van der Waals surface area contributed by atoms with E-state index in [1.54, 1.807) is 18.2 Å². The number of halogens is 1. The second-order valence-electron chi connectivity index (χ2n) is 6.06. The van der Waals surface area contributed by atoms with Gasteiger partial charge in [-0.05, 0) is 31.0 Å². The van der Waals surface area contributed by atoms with E-state index in [1.165, 1.54) is 4.90 Å². The van der Waals surface area contributed by atoms with Gasteiger partial charge in [0.1, 0.15) is 0 Å². The average Bonchev–Trinajstić information content (AvgIpc) is 3.00. The van der Waals surface area contributed by atoms with Gasteiger partial charge in [0.25, 0.3) is 5.91 Å². The molecular weight excluding hydrogens is 346 g/mol. The Morgan fingerprint density at radius 3 is 2.56 bits per heavy atom. The largest absolute Gasteiger partial charge is 0.481 e. The molecule has 0 bridgehead atoms. The minimum atomic E-state index is -0.963. The number of amides is 3. The summed E-state index contributed by atoms with van der Waals surface area (Å²) in [6.45, 7) is 4.67. The molecule has 2 rings (SSSR count). The van der Waals surface area contributed by atoms with Crippen LogP contribution in [0.4, 0.5) is 10.5 Å². The van der Waals surface area contributed by atoms with Gasteiger partial charge in [0, 0.05) is 18.7 Å². The second-order valence-corrected chi connectivity index (χ2v) is 6.47. The van der Waals surface area contributed by atoms with Crippen molar-refractivity contribution in [3.63, 3.8) is 0 Å². The van der Waals surface area contributed by atoms with E-state index >= 15 is 0 Å². The topological polar surface area (TPSA) is 98.7 Å². The number of aliphatic carboxylic acids is 1. The van der Waals surface area contributed by atoms with Gasteiger partial charge in [-0.25, -0.2) is 4.79 Å². The summed E-state index contributed by atoms with van der Waals surface area (Å²) in [5.74, 6) is -1.35. The van der Waals surface area contributed by atoms with E-state index < -0.39 is 11.5 Å². The van der Waals surface area contributed by atoms with Crippen molar-refractivity contribution in [2.45, 2.75) is 38.6 Å². The highest BCUT2D eigenvalue weighted by molar-refractivity contribution is 6.34.